The molecule has 2 aromatic carbocycles. The minimum atomic E-state index is -1.05. The van der Waals surface area contributed by atoms with Crippen molar-refractivity contribution in [1.29, 1.82) is 0 Å². The maximum Gasteiger partial charge on any atom is 0.341 e. The summed E-state index contributed by atoms with van der Waals surface area (Å²) in [6, 6.07) is 11.5. The second kappa shape index (κ2) is 9.78. The van der Waals surface area contributed by atoms with Crippen molar-refractivity contribution in [3.8, 4) is 17.1 Å². The number of carboxylic acids is 1. The molecule has 1 aliphatic heterocycles. The number of aromatic nitrogens is 3. The van der Waals surface area contributed by atoms with Crippen LogP contribution in [0.5, 0.6) is 5.88 Å². The number of piperidine rings is 1. The largest absolute Gasteiger partial charge is 0.479 e. The van der Waals surface area contributed by atoms with Crippen molar-refractivity contribution in [2.24, 2.45) is 5.41 Å². The molecule has 1 N–H and O–H groups in total. The summed E-state index contributed by atoms with van der Waals surface area (Å²) in [5.41, 5.74) is 6.49. The fraction of sp³-hybridized carbons (Fsp3) is 0.333. The second-order valence-electron chi connectivity index (χ2n) is 10.9. The van der Waals surface area contributed by atoms with Gasteiger partial charge in [0.15, 0.2) is 6.61 Å². The van der Waals surface area contributed by atoms with Crippen molar-refractivity contribution in [3.63, 3.8) is 0 Å². The Kier molecular flexibility index (Phi) is 6.20. The molecule has 0 unspecified atom stereocenters. The van der Waals surface area contributed by atoms with E-state index >= 15 is 0 Å². The summed E-state index contributed by atoms with van der Waals surface area (Å²) < 4.78 is 11.1. The number of halogens is 2. The molecule has 0 radical (unpaired) electrons. The van der Waals surface area contributed by atoms with Crippen molar-refractivity contribution in [2.75, 3.05) is 24.6 Å². The molecule has 2 aliphatic carbocycles. The lowest BCUT2D eigenvalue weighted by atomic mass is 9.63. The molecule has 0 bridgehead atoms. The highest BCUT2D eigenvalue weighted by Crippen LogP contribution is 2.56. The van der Waals surface area contributed by atoms with Gasteiger partial charge in [-0.15, -0.1) is 0 Å². The molecule has 4 aromatic rings. The van der Waals surface area contributed by atoms with Crippen molar-refractivity contribution in [1.82, 2.24) is 15.1 Å². The molecule has 0 amide bonds. The highest BCUT2D eigenvalue weighted by Gasteiger charge is 2.44. The number of hydrogen-bond acceptors (Lipinski definition) is 7. The summed E-state index contributed by atoms with van der Waals surface area (Å²) in [5, 5.41) is 14.5. The van der Waals surface area contributed by atoms with Crippen molar-refractivity contribution >= 4 is 51.5 Å². The van der Waals surface area contributed by atoms with Gasteiger partial charge >= 0.3 is 5.97 Å². The molecule has 0 atom stereocenters. The summed E-state index contributed by atoms with van der Waals surface area (Å²) in [7, 11) is 0. The zero-order chi connectivity index (χ0) is 27.4. The highest BCUT2D eigenvalue weighted by molar-refractivity contribution is 6.39. The van der Waals surface area contributed by atoms with Gasteiger partial charge < -0.3 is 19.3 Å². The quantitative estimate of drug-likeness (QED) is 0.250. The monoisotopic (exact) mass is 576 g/mol. The Morgan fingerprint density at radius 3 is 2.55 bits per heavy atom. The Balaban J connectivity index is 1.10. The van der Waals surface area contributed by atoms with E-state index in [-0.39, 0.29) is 11.3 Å². The molecule has 3 heterocycles. The van der Waals surface area contributed by atoms with Crippen LogP contribution in [0.25, 0.3) is 27.9 Å². The van der Waals surface area contributed by atoms with Crippen LogP contribution < -0.4 is 9.64 Å². The van der Waals surface area contributed by atoms with E-state index in [0.717, 1.165) is 79.0 Å². The van der Waals surface area contributed by atoms with Crippen LogP contribution in [0.15, 0.2) is 53.2 Å². The molecule has 204 valence electrons. The lowest BCUT2D eigenvalue weighted by molar-refractivity contribution is -0.139. The number of rotatable bonds is 7. The van der Waals surface area contributed by atoms with E-state index in [1.807, 2.05) is 30.3 Å². The third kappa shape index (κ3) is 4.59. The van der Waals surface area contributed by atoms with Gasteiger partial charge in [-0.25, -0.2) is 14.8 Å². The van der Waals surface area contributed by atoms with Gasteiger partial charge in [-0.2, -0.15) is 0 Å². The van der Waals surface area contributed by atoms with Crippen molar-refractivity contribution in [2.45, 2.75) is 38.0 Å². The standard InChI is InChI=1S/C30H26Cl2N4O4/c31-20-2-1-3-21(32)27(20)28-26(29(40-35-28)17-4-5-17)18-13-30(14-18)8-10-36(11-9-30)19-6-7-22-23(12-19)34-24(15-33-22)39-16-25(37)38/h1-3,6-7,12-13,15,17H,4-5,8-11,14,16H2,(H,37,38). The molecule has 8 nitrogen and oxygen atoms in total. The molecule has 1 spiro atoms. The van der Waals surface area contributed by atoms with E-state index in [1.54, 1.807) is 0 Å². The Labute approximate surface area is 240 Å². The Hall–Kier alpha value is -3.62. The van der Waals surface area contributed by atoms with Gasteiger partial charge in [-0.1, -0.05) is 40.5 Å². The molecule has 10 heteroatoms. The van der Waals surface area contributed by atoms with E-state index in [9.17, 15) is 4.79 Å². The zero-order valence-electron chi connectivity index (χ0n) is 21.6. The summed E-state index contributed by atoms with van der Waals surface area (Å²) in [6.07, 6.45) is 9.16. The lowest BCUT2D eigenvalue weighted by Crippen LogP contribution is -2.42. The van der Waals surface area contributed by atoms with Crippen LogP contribution in [-0.2, 0) is 4.79 Å². The summed E-state index contributed by atoms with van der Waals surface area (Å²) >= 11 is 13.1. The number of hydrogen-bond donors (Lipinski definition) is 1. The topological polar surface area (TPSA) is 102 Å². The minimum absolute atomic E-state index is 0.153. The average molecular weight is 577 g/mol. The van der Waals surface area contributed by atoms with Gasteiger partial charge in [0.2, 0.25) is 5.88 Å². The number of benzene rings is 2. The summed E-state index contributed by atoms with van der Waals surface area (Å²) in [5.74, 6) is 0.535. The second-order valence-corrected chi connectivity index (χ2v) is 11.7. The van der Waals surface area contributed by atoms with Crippen LogP contribution in [0.1, 0.15) is 49.3 Å². The Morgan fingerprint density at radius 2 is 1.85 bits per heavy atom. The van der Waals surface area contributed by atoms with Gasteiger partial charge in [-0.05, 0) is 73.4 Å². The number of allylic oxidation sites excluding steroid dienone is 2. The molecule has 1 saturated carbocycles. The summed E-state index contributed by atoms with van der Waals surface area (Å²) in [4.78, 5) is 22.0. The molecule has 7 rings (SSSR count). The van der Waals surface area contributed by atoms with Gasteiger partial charge in [-0.3, -0.25) is 0 Å². The first-order valence-corrected chi connectivity index (χ1v) is 14.2. The Morgan fingerprint density at radius 1 is 1.10 bits per heavy atom. The fourth-order valence-electron chi connectivity index (χ4n) is 5.93. The number of anilines is 1. The van der Waals surface area contributed by atoms with Crippen molar-refractivity contribution in [3.05, 3.63) is 70.0 Å². The average Bonchev–Trinajstić information content (AvgIpc) is 3.69. The lowest BCUT2D eigenvalue weighted by Gasteiger charge is -2.47. The highest BCUT2D eigenvalue weighted by atomic mass is 35.5. The molecule has 2 aromatic heterocycles. The fourth-order valence-corrected chi connectivity index (χ4v) is 6.51. The van der Waals surface area contributed by atoms with Crippen LogP contribution in [0, 0.1) is 5.41 Å². The molecular formula is C30H26Cl2N4O4. The third-order valence-corrected chi connectivity index (χ3v) is 8.81. The number of carbonyl (C=O) groups is 1. The summed E-state index contributed by atoms with van der Waals surface area (Å²) in [6.45, 7) is 1.38. The predicted molar refractivity (Wildman–Crippen MR) is 153 cm³/mol. The number of nitrogens with zero attached hydrogens (tertiary/aromatic N) is 4. The van der Waals surface area contributed by atoms with Gasteiger partial charge in [0, 0.05) is 35.8 Å². The normalized spacial score (nSPS) is 18.1. The van der Waals surface area contributed by atoms with Gasteiger partial charge in [0.05, 0.1) is 27.3 Å². The van der Waals surface area contributed by atoms with Crippen LogP contribution in [-0.4, -0.2) is 45.9 Å². The van der Waals surface area contributed by atoms with E-state index in [2.05, 4.69) is 32.2 Å². The maximum atomic E-state index is 10.8. The van der Waals surface area contributed by atoms with Crippen LogP contribution in [0.4, 0.5) is 5.69 Å². The molecule has 2 fully saturated rings. The SMILES string of the molecule is O=C(O)COc1cnc2ccc(N3CCC4(C=C(c5c(-c6c(Cl)cccc6Cl)noc5C5CC5)C4)CC3)cc2n1. The van der Waals surface area contributed by atoms with Crippen molar-refractivity contribution < 1.29 is 19.2 Å². The Bertz CT molecular complexity index is 1650. The number of ether oxygens (including phenoxy) is 1. The minimum Gasteiger partial charge on any atom is -0.479 e. The maximum absolute atomic E-state index is 10.8. The first-order valence-electron chi connectivity index (χ1n) is 13.4. The number of fused-ring (bicyclic) bond motifs is 1. The van der Waals surface area contributed by atoms with Gasteiger partial charge in [0.25, 0.3) is 0 Å². The van der Waals surface area contributed by atoms with Crippen LogP contribution >= 0.6 is 23.2 Å². The molecule has 1 saturated heterocycles. The van der Waals surface area contributed by atoms with Gasteiger partial charge in [0.1, 0.15) is 11.5 Å². The van der Waals surface area contributed by atoms with Crippen LogP contribution in [0.2, 0.25) is 10.0 Å². The predicted octanol–water partition coefficient (Wildman–Crippen LogP) is 7.01. The van der Waals surface area contributed by atoms with E-state index in [0.29, 0.717) is 21.5 Å². The zero-order valence-corrected chi connectivity index (χ0v) is 23.1. The third-order valence-electron chi connectivity index (χ3n) is 8.18. The molecule has 40 heavy (non-hydrogen) atoms. The smallest absolute Gasteiger partial charge is 0.341 e. The molecular weight excluding hydrogens is 551 g/mol. The first-order chi connectivity index (χ1) is 19.4. The van der Waals surface area contributed by atoms with E-state index < -0.39 is 12.6 Å². The number of carboxylic acid groups (broad SMARTS) is 1. The number of aliphatic carboxylic acids is 1. The first kappa shape index (κ1) is 25.4. The molecule has 3 aliphatic rings. The van der Waals surface area contributed by atoms with E-state index in [4.69, 9.17) is 37.6 Å². The van der Waals surface area contributed by atoms with E-state index in [1.165, 1.54) is 11.8 Å². The van der Waals surface area contributed by atoms with Crippen LogP contribution in [0.3, 0.4) is 0 Å².